The zero-order chi connectivity index (χ0) is 19.9. The number of carbonyl (C=O) groups excluding carboxylic acids is 1. The number of thiazole rings is 1. The van der Waals surface area contributed by atoms with Crippen LogP contribution in [0.25, 0.3) is 10.6 Å². The van der Waals surface area contributed by atoms with E-state index in [4.69, 9.17) is 21.1 Å². The molecule has 5 nitrogen and oxygen atoms in total. The van der Waals surface area contributed by atoms with Crippen molar-refractivity contribution < 1.29 is 14.3 Å². The molecular weight excluding hydrogens is 396 g/mol. The van der Waals surface area contributed by atoms with Crippen LogP contribution in [0, 0.1) is 0 Å². The summed E-state index contributed by atoms with van der Waals surface area (Å²) >= 11 is 7.83. The van der Waals surface area contributed by atoms with Crippen LogP contribution < -0.4 is 14.8 Å². The highest BCUT2D eigenvalue weighted by atomic mass is 35.5. The van der Waals surface area contributed by atoms with Gasteiger partial charge in [0.15, 0.2) is 11.5 Å². The number of methoxy groups -OCH3 is 1. The molecule has 7 heteroatoms. The summed E-state index contributed by atoms with van der Waals surface area (Å²) in [5.74, 6) is 0.636. The van der Waals surface area contributed by atoms with E-state index in [1.165, 1.54) is 7.11 Å². The maximum Gasteiger partial charge on any atom is 0.251 e. The average Bonchev–Trinajstić information content (AvgIpc) is 3.20. The molecule has 1 aromatic heterocycles. The molecule has 0 fully saturated rings. The predicted molar refractivity (Wildman–Crippen MR) is 113 cm³/mol. The molecule has 1 amide bonds. The van der Waals surface area contributed by atoms with Crippen LogP contribution in [-0.4, -0.2) is 24.6 Å². The minimum atomic E-state index is -0.253. The van der Waals surface area contributed by atoms with Crippen LogP contribution in [0.3, 0.4) is 0 Å². The molecule has 0 saturated carbocycles. The van der Waals surface area contributed by atoms with Gasteiger partial charge >= 0.3 is 0 Å². The Morgan fingerprint density at radius 3 is 2.75 bits per heavy atom. The molecule has 0 unspecified atom stereocenters. The smallest absolute Gasteiger partial charge is 0.251 e. The van der Waals surface area contributed by atoms with Crippen molar-refractivity contribution in [3.8, 4) is 22.1 Å². The Kier molecular flexibility index (Phi) is 6.90. The Hall–Kier alpha value is -2.57. The lowest BCUT2D eigenvalue weighted by Gasteiger charge is -2.13. The monoisotopic (exact) mass is 416 g/mol. The van der Waals surface area contributed by atoms with Crippen LogP contribution in [0.1, 0.15) is 29.4 Å². The van der Waals surface area contributed by atoms with Gasteiger partial charge in [-0.05, 0) is 18.6 Å². The van der Waals surface area contributed by atoms with Gasteiger partial charge in [0.25, 0.3) is 5.91 Å². The molecule has 0 aliphatic heterocycles. The second-order valence-electron chi connectivity index (χ2n) is 6.03. The summed E-state index contributed by atoms with van der Waals surface area (Å²) in [5, 5.41) is 6.08. The lowest BCUT2D eigenvalue weighted by Crippen LogP contribution is -2.23. The first-order valence-corrected chi connectivity index (χ1v) is 10.2. The fraction of sp³-hybridized carbons (Fsp3) is 0.238. The zero-order valence-corrected chi connectivity index (χ0v) is 17.3. The molecule has 1 N–H and O–H groups in total. The second-order valence-corrected chi connectivity index (χ2v) is 7.30. The number of halogens is 1. The van der Waals surface area contributed by atoms with E-state index in [-0.39, 0.29) is 5.91 Å². The molecule has 0 bridgehead atoms. The van der Waals surface area contributed by atoms with Gasteiger partial charge in [0, 0.05) is 16.5 Å². The maximum atomic E-state index is 12.5. The fourth-order valence-corrected chi connectivity index (χ4v) is 3.66. The number of carbonyl (C=O) groups is 1. The summed E-state index contributed by atoms with van der Waals surface area (Å²) in [6.45, 7) is 2.86. The number of rotatable bonds is 8. The number of nitrogens with one attached hydrogen (secondary N) is 1. The first-order valence-electron chi connectivity index (χ1n) is 8.90. The van der Waals surface area contributed by atoms with E-state index in [9.17, 15) is 4.79 Å². The molecule has 146 valence electrons. The minimum absolute atomic E-state index is 0.253. The topological polar surface area (TPSA) is 60.5 Å². The molecule has 0 aliphatic rings. The van der Waals surface area contributed by atoms with Crippen LogP contribution in [0.5, 0.6) is 11.5 Å². The molecule has 0 atom stereocenters. The van der Waals surface area contributed by atoms with Gasteiger partial charge in [0.2, 0.25) is 0 Å². The molecule has 0 aliphatic carbocycles. The van der Waals surface area contributed by atoms with Crippen molar-refractivity contribution in [2.75, 3.05) is 13.7 Å². The lowest BCUT2D eigenvalue weighted by atomic mass is 10.2. The predicted octanol–water partition coefficient (Wildman–Crippen LogP) is 5.19. The van der Waals surface area contributed by atoms with Gasteiger partial charge in [-0.2, -0.15) is 0 Å². The standard InChI is InChI=1S/C21H21ClN2O3S/c1-3-9-27-19-17(22)10-15(11-18(19)26-2)20(25)23-12-16-13-28-21(24-16)14-7-5-4-6-8-14/h4-8,10-11,13H,3,9,12H2,1-2H3,(H,23,25). The lowest BCUT2D eigenvalue weighted by molar-refractivity contribution is 0.0950. The second kappa shape index (κ2) is 9.57. The first kappa shape index (κ1) is 20.2. The Labute approximate surface area is 173 Å². The number of hydrogen-bond donors (Lipinski definition) is 1. The Balaban J connectivity index is 1.68. The van der Waals surface area contributed by atoms with Crippen LogP contribution >= 0.6 is 22.9 Å². The highest BCUT2D eigenvalue weighted by Gasteiger charge is 2.16. The number of ether oxygens (including phenoxy) is 2. The third kappa shape index (κ3) is 4.82. The Morgan fingerprint density at radius 1 is 1.25 bits per heavy atom. The Bertz CT molecular complexity index is 944. The summed E-state index contributed by atoms with van der Waals surface area (Å²) in [6, 6.07) is 13.2. The van der Waals surface area contributed by atoms with Crippen LogP contribution in [0.15, 0.2) is 47.8 Å². The molecule has 28 heavy (non-hydrogen) atoms. The highest BCUT2D eigenvalue weighted by Crippen LogP contribution is 2.36. The third-order valence-electron chi connectivity index (χ3n) is 3.94. The van der Waals surface area contributed by atoms with Crippen molar-refractivity contribution in [2.45, 2.75) is 19.9 Å². The molecular formula is C21H21ClN2O3S. The van der Waals surface area contributed by atoms with Gasteiger partial charge in [-0.15, -0.1) is 11.3 Å². The molecule has 0 radical (unpaired) electrons. The summed E-state index contributed by atoms with van der Waals surface area (Å²) in [5.41, 5.74) is 2.27. The van der Waals surface area contributed by atoms with E-state index < -0.39 is 0 Å². The Morgan fingerprint density at radius 2 is 2.04 bits per heavy atom. The summed E-state index contributed by atoms with van der Waals surface area (Å²) in [4.78, 5) is 17.1. The van der Waals surface area contributed by atoms with Crippen LogP contribution in [0.4, 0.5) is 0 Å². The van der Waals surface area contributed by atoms with Crippen LogP contribution in [0.2, 0.25) is 5.02 Å². The highest BCUT2D eigenvalue weighted by molar-refractivity contribution is 7.13. The molecule has 3 aromatic rings. The van der Waals surface area contributed by atoms with Crippen molar-refractivity contribution in [3.63, 3.8) is 0 Å². The van der Waals surface area contributed by atoms with Gasteiger partial charge in [0.1, 0.15) is 5.01 Å². The summed E-state index contributed by atoms with van der Waals surface area (Å²) in [7, 11) is 1.52. The number of nitrogens with zero attached hydrogens (tertiary/aromatic N) is 1. The van der Waals surface area contributed by atoms with E-state index in [1.54, 1.807) is 23.5 Å². The van der Waals surface area contributed by atoms with Gasteiger partial charge in [-0.25, -0.2) is 4.98 Å². The summed E-state index contributed by atoms with van der Waals surface area (Å²) in [6.07, 6.45) is 0.848. The minimum Gasteiger partial charge on any atom is -0.493 e. The van der Waals surface area contributed by atoms with Crippen molar-refractivity contribution >= 4 is 28.8 Å². The molecule has 0 saturated heterocycles. The van der Waals surface area contributed by atoms with Crippen molar-refractivity contribution in [1.29, 1.82) is 0 Å². The molecule has 3 rings (SSSR count). The normalized spacial score (nSPS) is 10.5. The zero-order valence-electron chi connectivity index (χ0n) is 15.7. The first-order chi connectivity index (χ1) is 13.6. The van der Waals surface area contributed by atoms with Gasteiger partial charge < -0.3 is 14.8 Å². The van der Waals surface area contributed by atoms with Gasteiger partial charge in [-0.3, -0.25) is 4.79 Å². The van der Waals surface area contributed by atoms with Gasteiger partial charge in [-0.1, -0.05) is 48.9 Å². The SMILES string of the molecule is CCCOc1c(Cl)cc(C(=O)NCc2csc(-c3ccccc3)n2)cc1OC. The number of benzene rings is 2. The fourth-order valence-electron chi connectivity index (χ4n) is 2.57. The number of hydrogen-bond acceptors (Lipinski definition) is 5. The van der Waals surface area contributed by atoms with E-state index in [0.29, 0.717) is 35.2 Å². The largest absolute Gasteiger partial charge is 0.493 e. The van der Waals surface area contributed by atoms with Crippen molar-refractivity contribution in [2.24, 2.45) is 0 Å². The summed E-state index contributed by atoms with van der Waals surface area (Å²) < 4.78 is 10.9. The van der Waals surface area contributed by atoms with Crippen LogP contribution in [-0.2, 0) is 6.54 Å². The quantitative estimate of drug-likeness (QED) is 0.548. The van der Waals surface area contributed by atoms with Crippen molar-refractivity contribution in [1.82, 2.24) is 10.3 Å². The van der Waals surface area contributed by atoms with Gasteiger partial charge in [0.05, 0.1) is 31.0 Å². The maximum absolute atomic E-state index is 12.5. The molecule has 2 aromatic carbocycles. The molecule has 1 heterocycles. The van der Waals surface area contributed by atoms with Crippen molar-refractivity contribution in [3.05, 3.63) is 64.1 Å². The van der Waals surface area contributed by atoms with E-state index in [0.717, 1.165) is 22.7 Å². The van der Waals surface area contributed by atoms with E-state index in [2.05, 4.69) is 10.3 Å². The number of amides is 1. The average molecular weight is 417 g/mol. The van der Waals surface area contributed by atoms with E-state index >= 15 is 0 Å². The van der Waals surface area contributed by atoms with E-state index in [1.807, 2.05) is 42.6 Å². The third-order valence-corrected chi connectivity index (χ3v) is 5.17. The number of aromatic nitrogens is 1. The molecule has 0 spiro atoms.